The Morgan fingerprint density at radius 2 is 2.04 bits per heavy atom. The van der Waals surface area contributed by atoms with Crippen LogP contribution in [-0.4, -0.2) is 16.7 Å². The molecule has 3 aromatic rings. The Morgan fingerprint density at radius 1 is 1.21 bits per heavy atom. The minimum Gasteiger partial charge on any atom is -0.497 e. The first-order valence-corrected chi connectivity index (χ1v) is 8.20. The molecule has 4 nitrogen and oxygen atoms in total. The third-order valence-corrected chi connectivity index (χ3v) is 4.66. The summed E-state index contributed by atoms with van der Waals surface area (Å²) in [5, 5.41) is 0.725. The van der Waals surface area contributed by atoms with Gasteiger partial charge >= 0.3 is 0 Å². The maximum Gasteiger partial charge on any atom is 0.129 e. The van der Waals surface area contributed by atoms with Crippen LogP contribution >= 0.6 is 11.6 Å². The standard InChI is InChI=1S/C19H17ClN2O2/c1-23-15-6-7-16-17(22-9-8-21-12-22)11-18(24-19(16)10-15)13-2-4-14(20)5-3-13/h2-10,12,17-18H,11H2,1H3. The van der Waals surface area contributed by atoms with E-state index in [1.807, 2.05) is 48.9 Å². The summed E-state index contributed by atoms with van der Waals surface area (Å²) in [7, 11) is 1.66. The van der Waals surface area contributed by atoms with Crippen molar-refractivity contribution in [2.45, 2.75) is 18.6 Å². The number of ether oxygens (including phenoxy) is 2. The molecule has 24 heavy (non-hydrogen) atoms. The van der Waals surface area contributed by atoms with Gasteiger partial charge in [-0.15, -0.1) is 0 Å². The van der Waals surface area contributed by atoms with Gasteiger partial charge in [0, 0.05) is 35.5 Å². The van der Waals surface area contributed by atoms with Gasteiger partial charge < -0.3 is 14.0 Å². The van der Waals surface area contributed by atoms with Gasteiger partial charge in [-0.1, -0.05) is 23.7 Å². The van der Waals surface area contributed by atoms with E-state index in [2.05, 4.69) is 15.6 Å². The van der Waals surface area contributed by atoms with Crippen molar-refractivity contribution in [3.8, 4) is 11.5 Å². The molecule has 2 heterocycles. The van der Waals surface area contributed by atoms with Crippen LogP contribution in [0.1, 0.15) is 29.7 Å². The molecule has 1 aliphatic rings. The molecule has 0 radical (unpaired) electrons. The van der Waals surface area contributed by atoms with Gasteiger partial charge in [0.05, 0.1) is 19.5 Å². The van der Waals surface area contributed by atoms with Crippen molar-refractivity contribution in [2.75, 3.05) is 7.11 Å². The van der Waals surface area contributed by atoms with Crippen molar-refractivity contribution >= 4 is 11.6 Å². The van der Waals surface area contributed by atoms with Crippen LogP contribution in [0.15, 0.2) is 61.2 Å². The summed E-state index contributed by atoms with van der Waals surface area (Å²) in [4.78, 5) is 4.19. The molecule has 1 aromatic heterocycles. The van der Waals surface area contributed by atoms with Gasteiger partial charge in [0.15, 0.2) is 0 Å². The third-order valence-electron chi connectivity index (χ3n) is 4.41. The largest absolute Gasteiger partial charge is 0.497 e. The average molecular weight is 341 g/mol. The Hall–Kier alpha value is -2.46. The first kappa shape index (κ1) is 15.1. The van der Waals surface area contributed by atoms with Crippen molar-refractivity contribution in [1.82, 2.24) is 9.55 Å². The highest BCUT2D eigenvalue weighted by Gasteiger charge is 2.30. The SMILES string of the molecule is COc1ccc2c(c1)OC(c1ccc(Cl)cc1)CC2n1ccnc1. The lowest BCUT2D eigenvalue weighted by Gasteiger charge is -2.33. The monoisotopic (exact) mass is 340 g/mol. The summed E-state index contributed by atoms with van der Waals surface area (Å²) >= 11 is 6.01. The van der Waals surface area contributed by atoms with Crippen LogP contribution < -0.4 is 9.47 Å². The fourth-order valence-electron chi connectivity index (χ4n) is 3.17. The van der Waals surface area contributed by atoms with E-state index in [1.165, 1.54) is 0 Å². The number of benzene rings is 2. The number of methoxy groups -OCH3 is 1. The van der Waals surface area contributed by atoms with Crippen molar-refractivity contribution < 1.29 is 9.47 Å². The number of rotatable bonds is 3. The van der Waals surface area contributed by atoms with Crippen molar-refractivity contribution in [3.05, 3.63) is 77.3 Å². The van der Waals surface area contributed by atoms with E-state index in [0.717, 1.165) is 34.1 Å². The predicted octanol–water partition coefficient (Wildman–Crippen LogP) is 4.66. The van der Waals surface area contributed by atoms with E-state index in [4.69, 9.17) is 21.1 Å². The average Bonchev–Trinajstić information content (AvgIpc) is 3.15. The zero-order chi connectivity index (χ0) is 16.5. The maximum absolute atomic E-state index is 6.27. The van der Waals surface area contributed by atoms with E-state index < -0.39 is 0 Å². The second kappa shape index (κ2) is 6.21. The maximum atomic E-state index is 6.27. The Labute approximate surface area is 145 Å². The number of hydrogen-bond acceptors (Lipinski definition) is 3. The van der Waals surface area contributed by atoms with Crippen LogP contribution in [-0.2, 0) is 0 Å². The number of halogens is 1. The molecule has 2 atom stereocenters. The fourth-order valence-corrected chi connectivity index (χ4v) is 3.29. The van der Waals surface area contributed by atoms with Gasteiger partial charge in [-0.05, 0) is 29.8 Å². The van der Waals surface area contributed by atoms with Crippen LogP contribution in [0.5, 0.6) is 11.5 Å². The molecule has 0 amide bonds. The Morgan fingerprint density at radius 3 is 2.75 bits per heavy atom. The van der Waals surface area contributed by atoms with Crippen LogP contribution in [0.4, 0.5) is 0 Å². The van der Waals surface area contributed by atoms with Gasteiger partial charge in [0.1, 0.15) is 17.6 Å². The summed E-state index contributed by atoms with van der Waals surface area (Å²) in [5.41, 5.74) is 2.25. The normalized spacial score (nSPS) is 19.4. The molecule has 4 rings (SSSR count). The van der Waals surface area contributed by atoms with Gasteiger partial charge in [0.2, 0.25) is 0 Å². The number of nitrogens with zero attached hydrogens (tertiary/aromatic N) is 2. The molecule has 0 bridgehead atoms. The molecule has 0 spiro atoms. The number of aromatic nitrogens is 2. The Bertz CT molecular complexity index is 831. The van der Waals surface area contributed by atoms with Crippen molar-refractivity contribution in [1.29, 1.82) is 0 Å². The highest BCUT2D eigenvalue weighted by Crippen LogP contribution is 2.44. The fraction of sp³-hybridized carbons (Fsp3) is 0.211. The molecule has 0 fully saturated rings. The third kappa shape index (κ3) is 2.74. The van der Waals surface area contributed by atoms with E-state index in [0.29, 0.717) is 0 Å². The lowest BCUT2D eigenvalue weighted by Crippen LogP contribution is -2.23. The molecule has 0 aliphatic carbocycles. The second-order valence-electron chi connectivity index (χ2n) is 5.82. The lowest BCUT2D eigenvalue weighted by molar-refractivity contribution is 0.152. The van der Waals surface area contributed by atoms with E-state index >= 15 is 0 Å². The molecule has 5 heteroatoms. The first-order valence-electron chi connectivity index (χ1n) is 7.82. The predicted molar refractivity (Wildman–Crippen MR) is 92.8 cm³/mol. The summed E-state index contributed by atoms with van der Waals surface area (Å²) in [6, 6.07) is 14.0. The van der Waals surface area contributed by atoms with E-state index in [-0.39, 0.29) is 12.1 Å². The summed E-state index contributed by atoms with van der Waals surface area (Å²) in [5.74, 6) is 1.63. The van der Waals surface area contributed by atoms with Crippen LogP contribution in [0.25, 0.3) is 0 Å². The summed E-state index contributed by atoms with van der Waals surface area (Å²) in [6.07, 6.45) is 6.42. The molecular formula is C19H17ClN2O2. The van der Waals surface area contributed by atoms with Gasteiger partial charge in [-0.2, -0.15) is 0 Å². The van der Waals surface area contributed by atoms with Crippen LogP contribution in [0.3, 0.4) is 0 Å². The zero-order valence-electron chi connectivity index (χ0n) is 13.2. The van der Waals surface area contributed by atoms with Gasteiger partial charge in [-0.25, -0.2) is 4.98 Å². The number of fused-ring (bicyclic) bond motifs is 1. The molecule has 0 N–H and O–H groups in total. The smallest absolute Gasteiger partial charge is 0.129 e. The lowest BCUT2D eigenvalue weighted by atomic mass is 9.92. The summed E-state index contributed by atoms with van der Waals surface area (Å²) in [6.45, 7) is 0. The van der Waals surface area contributed by atoms with Crippen molar-refractivity contribution in [2.24, 2.45) is 0 Å². The van der Waals surface area contributed by atoms with Crippen molar-refractivity contribution in [3.63, 3.8) is 0 Å². The quantitative estimate of drug-likeness (QED) is 0.695. The minimum absolute atomic E-state index is 0.0470. The Kier molecular flexibility index (Phi) is 3.90. The van der Waals surface area contributed by atoms with Gasteiger partial charge in [0.25, 0.3) is 0 Å². The summed E-state index contributed by atoms with van der Waals surface area (Å²) < 4.78 is 13.7. The minimum atomic E-state index is -0.0470. The van der Waals surface area contributed by atoms with Gasteiger partial charge in [-0.3, -0.25) is 0 Å². The first-order chi connectivity index (χ1) is 11.7. The molecule has 2 aromatic carbocycles. The molecular weight excluding hydrogens is 324 g/mol. The Balaban J connectivity index is 1.76. The van der Waals surface area contributed by atoms with E-state index in [9.17, 15) is 0 Å². The van der Waals surface area contributed by atoms with Crippen LogP contribution in [0, 0.1) is 0 Å². The van der Waals surface area contributed by atoms with E-state index in [1.54, 1.807) is 13.3 Å². The number of imidazole rings is 1. The highest BCUT2D eigenvalue weighted by atomic mass is 35.5. The molecule has 2 unspecified atom stereocenters. The molecule has 1 aliphatic heterocycles. The molecule has 0 saturated heterocycles. The zero-order valence-corrected chi connectivity index (χ0v) is 14.0. The second-order valence-corrected chi connectivity index (χ2v) is 6.26. The number of hydrogen-bond donors (Lipinski definition) is 0. The molecule has 0 saturated carbocycles. The van der Waals surface area contributed by atoms with Crippen LogP contribution in [0.2, 0.25) is 5.02 Å². The topological polar surface area (TPSA) is 36.3 Å². The highest BCUT2D eigenvalue weighted by molar-refractivity contribution is 6.30. The molecule has 122 valence electrons.